The predicted molar refractivity (Wildman–Crippen MR) is 62.7 cm³/mol. The van der Waals surface area contributed by atoms with Gasteiger partial charge in [0.1, 0.15) is 0 Å². The fourth-order valence-electron chi connectivity index (χ4n) is 1.30. The Morgan fingerprint density at radius 2 is 2.44 bits per heavy atom. The SMILES string of the molecule is CCn1ccc(NC(=O)c2csnc2C)n1. The first-order valence-corrected chi connectivity index (χ1v) is 5.80. The molecule has 6 heteroatoms. The molecule has 2 rings (SSSR count). The van der Waals surface area contributed by atoms with Crippen LogP contribution in [0.3, 0.4) is 0 Å². The number of carbonyl (C=O) groups is 1. The summed E-state index contributed by atoms with van der Waals surface area (Å²) in [5.41, 5.74) is 1.36. The molecule has 0 saturated heterocycles. The van der Waals surface area contributed by atoms with Crippen molar-refractivity contribution in [1.29, 1.82) is 0 Å². The third-order valence-corrected chi connectivity index (χ3v) is 2.92. The molecule has 1 N–H and O–H groups in total. The monoisotopic (exact) mass is 236 g/mol. The second-order valence-corrected chi connectivity index (χ2v) is 3.95. The third kappa shape index (κ3) is 2.11. The maximum Gasteiger partial charge on any atom is 0.259 e. The molecule has 0 radical (unpaired) electrons. The third-order valence-electron chi connectivity index (χ3n) is 2.20. The molecule has 0 bridgehead atoms. The number of aryl methyl sites for hydroxylation is 2. The Hall–Kier alpha value is -1.69. The summed E-state index contributed by atoms with van der Waals surface area (Å²) in [7, 11) is 0. The van der Waals surface area contributed by atoms with Crippen LogP contribution in [0.5, 0.6) is 0 Å². The summed E-state index contributed by atoms with van der Waals surface area (Å²) < 4.78 is 5.81. The molecule has 0 atom stereocenters. The molecule has 2 aromatic rings. The second kappa shape index (κ2) is 4.44. The number of amides is 1. The lowest BCUT2D eigenvalue weighted by Gasteiger charge is -2.00. The molecule has 0 spiro atoms. The zero-order valence-corrected chi connectivity index (χ0v) is 9.91. The van der Waals surface area contributed by atoms with Gasteiger partial charge in [0, 0.05) is 24.2 Å². The first kappa shape index (κ1) is 10.8. The van der Waals surface area contributed by atoms with Crippen LogP contribution in [0.2, 0.25) is 0 Å². The zero-order valence-electron chi connectivity index (χ0n) is 9.10. The van der Waals surface area contributed by atoms with E-state index < -0.39 is 0 Å². The molecular weight excluding hydrogens is 224 g/mol. The van der Waals surface area contributed by atoms with E-state index in [1.165, 1.54) is 11.5 Å². The van der Waals surface area contributed by atoms with Crippen molar-refractivity contribution in [3.8, 4) is 0 Å². The van der Waals surface area contributed by atoms with Gasteiger partial charge in [-0.1, -0.05) is 0 Å². The molecule has 2 aromatic heterocycles. The molecule has 84 valence electrons. The lowest BCUT2D eigenvalue weighted by atomic mass is 10.2. The molecule has 0 aromatic carbocycles. The first-order chi connectivity index (χ1) is 7.70. The van der Waals surface area contributed by atoms with Gasteiger partial charge in [0.15, 0.2) is 5.82 Å². The van der Waals surface area contributed by atoms with Crippen LogP contribution in [0.4, 0.5) is 5.82 Å². The van der Waals surface area contributed by atoms with Crippen molar-refractivity contribution in [3.05, 3.63) is 28.9 Å². The highest BCUT2D eigenvalue weighted by atomic mass is 32.1. The van der Waals surface area contributed by atoms with Gasteiger partial charge < -0.3 is 5.32 Å². The van der Waals surface area contributed by atoms with Gasteiger partial charge in [0.25, 0.3) is 5.91 Å². The minimum absolute atomic E-state index is 0.160. The Bertz CT molecular complexity index is 502. The number of aromatic nitrogens is 3. The number of nitrogens with zero attached hydrogens (tertiary/aromatic N) is 3. The van der Waals surface area contributed by atoms with Crippen LogP contribution in [0.25, 0.3) is 0 Å². The highest BCUT2D eigenvalue weighted by molar-refractivity contribution is 7.04. The fourth-order valence-corrected chi connectivity index (χ4v) is 1.99. The molecule has 16 heavy (non-hydrogen) atoms. The topological polar surface area (TPSA) is 59.8 Å². The van der Waals surface area contributed by atoms with E-state index in [9.17, 15) is 4.79 Å². The van der Waals surface area contributed by atoms with Crippen molar-refractivity contribution in [2.75, 3.05) is 5.32 Å². The summed E-state index contributed by atoms with van der Waals surface area (Å²) in [6, 6.07) is 1.77. The van der Waals surface area contributed by atoms with E-state index in [2.05, 4.69) is 14.8 Å². The molecule has 0 saturated carbocycles. The van der Waals surface area contributed by atoms with E-state index in [1.54, 1.807) is 16.1 Å². The van der Waals surface area contributed by atoms with Crippen LogP contribution in [0.1, 0.15) is 23.0 Å². The molecule has 0 aliphatic rings. The lowest BCUT2D eigenvalue weighted by Crippen LogP contribution is -2.13. The summed E-state index contributed by atoms with van der Waals surface area (Å²) in [4.78, 5) is 11.8. The minimum atomic E-state index is -0.160. The highest BCUT2D eigenvalue weighted by Gasteiger charge is 2.12. The molecule has 0 unspecified atom stereocenters. The largest absolute Gasteiger partial charge is 0.305 e. The fraction of sp³-hybridized carbons (Fsp3) is 0.300. The van der Waals surface area contributed by atoms with E-state index in [1.807, 2.05) is 20.0 Å². The standard InChI is InChI=1S/C10H12N4OS/c1-3-14-5-4-9(12-14)11-10(15)8-6-16-13-7(8)2/h4-6H,3H2,1-2H3,(H,11,12,15). The van der Waals surface area contributed by atoms with Crippen molar-refractivity contribution < 1.29 is 4.79 Å². The number of rotatable bonds is 3. The Morgan fingerprint density at radius 3 is 3.00 bits per heavy atom. The average Bonchev–Trinajstić information content (AvgIpc) is 2.86. The van der Waals surface area contributed by atoms with Gasteiger partial charge in [-0.2, -0.15) is 9.47 Å². The van der Waals surface area contributed by atoms with Gasteiger partial charge in [-0.05, 0) is 25.4 Å². The first-order valence-electron chi connectivity index (χ1n) is 4.96. The van der Waals surface area contributed by atoms with Crippen LogP contribution >= 0.6 is 11.5 Å². The smallest absolute Gasteiger partial charge is 0.259 e. The van der Waals surface area contributed by atoms with Crippen LogP contribution in [-0.2, 0) is 6.54 Å². The van der Waals surface area contributed by atoms with Gasteiger partial charge in [-0.15, -0.1) is 0 Å². The molecule has 0 aliphatic carbocycles. The molecule has 2 heterocycles. The normalized spacial score (nSPS) is 10.4. The maximum atomic E-state index is 11.8. The van der Waals surface area contributed by atoms with Crippen molar-refractivity contribution in [1.82, 2.24) is 14.2 Å². The molecular formula is C10H12N4OS. The van der Waals surface area contributed by atoms with Gasteiger partial charge in [0.2, 0.25) is 0 Å². The summed E-state index contributed by atoms with van der Waals surface area (Å²) in [6.45, 7) is 4.59. The van der Waals surface area contributed by atoms with E-state index in [4.69, 9.17) is 0 Å². The number of carbonyl (C=O) groups excluding carboxylic acids is 1. The Morgan fingerprint density at radius 1 is 1.62 bits per heavy atom. The Kier molecular flexibility index (Phi) is 3.00. The van der Waals surface area contributed by atoms with Crippen molar-refractivity contribution in [2.45, 2.75) is 20.4 Å². The zero-order chi connectivity index (χ0) is 11.5. The number of hydrogen-bond donors (Lipinski definition) is 1. The van der Waals surface area contributed by atoms with Crippen molar-refractivity contribution >= 4 is 23.3 Å². The predicted octanol–water partition coefficient (Wildman–Crippen LogP) is 1.92. The highest BCUT2D eigenvalue weighted by Crippen LogP contribution is 2.11. The van der Waals surface area contributed by atoms with Crippen LogP contribution < -0.4 is 5.32 Å². The van der Waals surface area contributed by atoms with Gasteiger partial charge in [0.05, 0.1) is 11.3 Å². The van der Waals surface area contributed by atoms with Crippen LogP contribution in [0, 0.1) is 6.92 Å². The van der Waals surface area contributed by atoms with Crippen molar-refractivity contribution in [2.24, 2.45) is 0 Å². The minimum Gasteiger partial charge on any atom is -0.305 e. The quantitative estimate of drug-likeness (QED) is 0.885. The second-order valence-electron chi connectivity index (χ2n) is 3.32. The van der Waals surface area contributed by atoms with Crippen LogP contribution in [-0.4, -0.2) is 20.1 Å². The lowest BCUT2D eigenvalue weighted by molar-refractivity contribution is 0.102. The number of hydrogen-bond acceptors (Lipinski definition) is 4. The van der Waals surface area contributed by atoms with Gasteiger partial charge in [-0.3, -0.25) is 9.48 Å². The molecule has 5 nitrogen and oxygen atoms in total. The van der Waals surface area contributed by atoms with E-state index >= 15 is 0 Å². The summed E-state index contributed by atoms with van der Waals surface area (Å²) in [6.07, 6.45) is 1.83. The van der Waals surface area contributed by atoms with E-state index in [0.29, 0.717) is 11.4 Å². The van der Waals surface area contributed by atoms with Crippen LogP contribution in [0.15, 0.2) is 17.6 Å². The molecule has 1 amide bonds. The number of anilines is 1. The summed E-state index contributed by atoms with van der Waals surface area (Å²) in [5.74, 6) is 0.407. The Labute approximate surface area is 97.3 Å². The maximum absolute atomic E-state index is 11.8. The van der Waals surface area contributed by atoms with E-state index in [-0.39, 0.29) is 5.91 Å². The average molecular weight is 236 g/mol. The summed E-state index contributed by atoms with van der Waals surface area (Å²) in [5, 5.41) is 8.65. The van der Waals surface area contributed by atoms with E-state index in [0.717, 1.165) is 12.2 Å². The molecule has 0 fully saturated rings. The summed E-state index contributed by atoms with van der Waals surface area (Å²) >= 11 is 1.28. The van der Waals surface area contributed by atoms with Gasteiger partial charge >= 0.3 is 0 Å². The van der Waals surface area contributed by atoms with Gasteiger partial charge in [-0.25, -0.2) is 0 Å². The van der Waals surface area contributed by atoms with Crippen molar-refractivity contribution in [3.63, 3.8) is 0 Å². The number of nitrogens with one attached hydrogen (secondary N) is 1. The Balaban J connectivity index is 2.11. The molecule has 0 aliphatic heterocycles.